The summed E-state index contributed by atoms with van der Waals surface area (Å²) in [6.45, 7) is 8.96. The van der Waals surface area contributed by atoms with Crippen LogP contribution in [-0.2, 0) is 17.9 Å². The topological polar surface area (TPSA) is 46.9 Å². The number of allylic oxidation sites excluding steroid dienone is 1. The molecular formula is C15H19N3O. The molecule has 0 unspecified atom stereocenters. The summed E-state index contributed by atoms with van der Waals surface area (Å²) in [6.07, 6.45) is 0.487. The Bertz CT molecular complexity index is 613. The van der Waals surface area contributed by atoms with Crippen molar-refractivity contribution in [1.29, 1.82) is 0 Å². The molecule has 0 spiro atoms. The first-order valence-corrected chi connectivity index (χ1v) is 6.47. The fourth-order valence-corrected chi connectivity index (χ4v) is 2.01. The minimum atomic E-state index is 0.0360. The van der Waals surface area contributed by atoms with Crippen molar-refractivity contribution in [2.45, 2.75) is 33.4 Å². The molecule has 0 saturated carbocycles. The number of hydrogen-bond acceptors (Lipinski definition) is 2. The Labute approximate surface area is 113 Å². The van der Waals surface area contributed by atoms with Crippen molar-refractivity contribution in [2.24, 2.45) is 0 Å². The van der Waals surface area contributed by atoms with E-state index in [-0.39, 0.29) is 5.91 Å². The molecule has 0 aliphatic rings. The molecule has 0 radical (unpaired) electrons. The van der Waals surface area contributed by atoms with Crippen molar-refractivity contribution in [3.05, 3.63) is 42.2 Å². The van der Waals surface area contributed by atoms with Gasteiger partial charge in [-0.05, 0) is 19.1 Å². The van der Waals surface area contributed by atoms with Crippen LogP contribution in [0.4, 0.5) is 0 Å². The molecule has 4 heteroatoms. The Hall–Kier alpha value is -2.10. The minimum Gasteiger partial charge on any atom is -0.349 e. The Morgan fingerprint density at radius 1 is 1.42 bits per heavy atom. The SMILES string of the molecule is C=C(C)Cn1c(CNC(=O)CC)nc2ccccc21. The third-order valence-corrected chi connectivity index (χ3v) is 2.93. The van der Waals surface area contributed by atoms with Crippen LogP contribution in [0.5, 0.6) is 0 Å². The van der Waals surface area contributed by atoms with Gasteiger partial charge in [0.1, 0.15) is 5.82 Å². The average Bonchev–Trinajstić information content (AvgIpc) is 2.74. The largest absolute Gasteiger partial charge is 0.349 e. The lowest BCUT2D eigenvalue weighted by atomic mass is 10.3. The van der Waals surface area contributed by atoms with E-state index in [0.29, 0.717) is 13.0 Å². The number of imidazole rings is 1. The number of fused-ring (bicyclic) bond motifs is 1. The molecular weight excluding hydrogens is 238 g/mol. The first kappa shape index (κ1) is 13.3. The van der Waals surface area contributed by atoms with Crippen LogP contribution < -0.4 is 5.32 Å². The van der Waals surface area contributed by atoms with Gasteiger partial charge in [-0.15, -0.1) is 0 Å². The molecule has 0 aliphatic heterocycles. The van der Waals surface area contributed by atoms with Crippen LogP contribution in [0.15, 0.2) is 36.4 Å². The smallest absolute Gasteiger partial charge is 0.220 e. The van der Waals surface area contributed by atoms with Gasteiger partial charge in [0, 0.05) is 13.0 Å². The standard InChI is InChI=1S/C15H19N3O/c1-4-15(19)16-9-14-17-12-7-5-6-8-13(12)18(14)10-11(2)3/h5-8H,2,4,9-10H2,1,3H3,(H,16,19). The van der Waals surface area contributed by atoms with Gasteiger partial charge < -0.3 is 9.88 Å². The van der Waals surface area contributed by atoms with Gasteiger partial charge in [-0.3, -0.25) is 4.79 Å². The molecule has 1 N–H and O–H groups in total. The maximum absolute atomic E-state index is 11.4. The van der Waals surface area contributed by atoms with Crippen molar-refractivity contribution < 1.29 is 4.79 Å². The van der Waals surface area contributed by atoms with Crippen molar-refractivity contribution in [2.75, 3.05) is 0 Å². The molecule has 4 nitrogen and oxygen atoms in total. The molecule has 0 saturated heterocycles. The van der Waals surface area contributed by atoms with Crippen molar-refractivity contribution in [1.82, 2.24) is 14.9 Å². The van der Waals surface area contributed by atoms with E-state index in [2.05, 4.69) is 21.4 Å². The highest BCUT2D eigenvalue weighted by molar-refractivity contribution is 5.77. The van der Waals surface area contributed by atoms with E-state index >= 15 is 0 Å². The summed E-state index contributed by atoms with van der Waals surface area (Å²) in [4.78, 5) is 15.9. The second kappa shape index (κ2) is 5.69. The van der Waals surface area contributed by atoms with Gasteiger partial charge in [0.2, 0.25) is 5.91 Å². The number of aromatic nitrogens is 2. The minimum absolute atomic E-state index is 0.0360. The molecule has 1 aromatic heterocycles. The second-order valence-electron chi connectivity index (χ2n) is 4.69. The van der Waals surface area contributed by atoms with E-state index in [1.54, 1.807) is 0 Å². The van der Waals surface area contributed by atoms with E-state index in [9.17, 15) is 4.79 Å². The zero-order valence-electron chi connectivity index (χ0n) is 11.4. The molecule has 0 fully saturated rings. The third kappa shape index (κ3) is 3.02. The lowest BCUT2D eigenvalue weighted by molar-refractivity contribution is -0.120. The van der Waals surface area contributed by atoms with E-state index in [1.807, 2.05) is 38.1 Å². The summed E-state index contributed by atoms with van der Waals surface area (Å²) in [5, 5.41) is 2.87. The van der Waals surface area contributed by atoms with E-state index in [0.717, 1.165) is 29.0 Å². The summed E-state index contributed by atoms with van der Waals surface area (Å²) in [5.41, 5.74) is 3.09. The first-order chi connectivity index (χ1) is 9.11. The van der Waals surface area contributed by atoms with Gasteiger partial charge in [0.05, 0.1) is 17.6 Å². The van der Waals surface area contributed by atoms with E-state index < -0.39 is 0 Å². The lowest BCUT2D eigenvalue weighted by Crippen LogP contribution is -2.23. The van der Waals surface area contributed by atoms with Gasteiger partial charge in [-0.1, -0.05) is 31.2 Å². The Kier molecular flexibility index (Phi) is 4.00. The number of benzene rings is 1. The highest BCUT2D eigenvalue weighted by Crippen LogP contribution is 2.17. The third-order valence-electron chi connectivity index (χ3n) is 2.93. The zero-order valence-corrected chi connectivity index (χ0v) is 11.4. The summed E-state index contributed by atoms with van der Waals surface area (Å²) in [7, 11) is 0. The van der Waals surface area contributed by atoms with Gasteiger partial charge >= 0.3 is 0 Å². The van der Waals surface area contributed by atoms with Crippen LogP contribution in [0.25, 0.3) is 11.0 Å². The Morgan fingerprint density at radius 3 is 2.84 bits per heavy atom. The number of nitrogens with one attached hydrogen (secondary N) is 1. The van der Waals surface area contributed by atoms with Gasteiger partial charge in [-0.2, -0.15) is 0 Å². The lowest BCUT2D eigenvalue weighted by Gasteiger charge is -2.09. The molecule has 100 valence electrons. The van der Waals surface area contributed by atoms with Gasteiger partial charge in [0.25, 0.3) is 0 Å². The number of carbonyl (C=O) groups excluding carboxylic acids is 1. The quantitative estimate of drug-likeness (QED) is 0.837. The molecule has 1 aromatic carbocycles. The summed E-state index contributed by atoms with van der Waals surface area (Å²) < 4.78 is 2.10. The normalized spacial score (nSPS) is 10.6. The summed E-state index contributed by atoms with van der Waals surface area (Å²) >= 11 is 0. The van der Waals surface area contributed by atoms with Crippen LogP contribution in [-0.4, -0.2) is 15.5 Å². The fourth-order valence-electron chi connectivity index (χ4n) is 2.01. The van der Waals surface area contributed by atoms with Crippen molar-refractivity contribution in [3.8, 4) is 0 Å². The van der Waals surface area contributed by atoms with Crippen LogP contribution in [0, 0.1) is 0 Å². The molecule has 0 aliphatic carbocycles. The van der Waals surface area contributed by atoms with Crippen molar-refractivity contribution >= 4 is 16.9 Å². The summed E-state index contributed by atoms with van der Waals surface area (Å²) in [5.74, 6) is 0.903. The van der Waals surface area contributed by atoms with Crippen molar-refractivity contribution in [3.63, 3.8) is 0 Å². The summed E-state index contributed by atoms with van der Waals surface area (Å²) in [6, 6.07) is 7.98. The zero-order chi connectivity index (χ0) is 13.8. The number of amides is 1. The molecule has 1 amide bonds. The highest BCUT2D eigenvalue weighted by atomic mass is 16.1. The van der Waals surface area contributed by atoms with Crippen LogP contribution in [0.2, 0.25) is 0 Å². The number of carbonyl (C=O) groups is 1. The molecule has 1 heterocycles. The molecule has 0 atom stereocenters. The average molecular weight is 257 g/mol. The number of nitrogens with zero attached hydrogens (tertiary/aromatic N) is 2. The molecule has 2 aromatic rings. The van der Waals surface area contributed by atoms with E-state index in [4.69, 9.17) is 0 Å². The fraction of sp³-hybridized carbons (Fsp3) is 0.333. The highest BCUT2D eigenvalue weighted by Gasteiger charge is 2.10. The van der Waals surface area contributed by atoms with Crippen LogP contribution >= 0.6 is 0 Å². The number of para-hydroxylation sites is 2. The monoisotopic (exact) mass is 257 g/mol. The number of rotatable bonds is 5. The maximum Gasteiger partial charge on any atom is 0.220 e. The van der Waals surface area contributed by atoms with E-state index in [1.165, 1.54) is 0 Å². The molecule has 19 heavy (non-hydrogen) atoms. The number of hydrogen-bond donors (Lipinski definition) is 1. The Balaban J connectivity index is 2.35. The van der Waals surface area contributed by atoms with Gasteiger partial charge in [-0.25, -0.2) is 4.98 Å². The van der Waals surface area contributed by atoms with Gasteiger partial charge in [0.15, 0.2) is 0 Å². The predicted molar refractivity (Wildman–Crippen MR) is 76.7 cm³/mol. The maximum atomic E-state index is 11.4. The molecule has 0 bridgehead atoms. The van der Waals surface area contributed by atoms with Crippen LogP contribution in [0.1, 0.15) is 26.1 Å². The molecule has 2 rings (SSSR count). The second-order valence-corrected chi connectivity index (χ2v) is 4.69. The first-order valence-electron chi connectivity index (χ1n) is 6.47. The van der Waals surface area contributed by atoms with Crippen LogP contribution in [0.3, 0.4) is 0 Å². The Morgan fingerprint density at radius 2 is 2.16 bits per heavy atom. The predicted octanol–water partition coefficient (Wildman–Crippen LogP) is 2.64.